The molecule has 0 saturated carbocycles. The number of rotatable bonds is 7. The topological polar surface area (TPSA) is 67.8 Å². The molecule has 0 aliphatic rings. The molecule has 0 aliphatic heterocycles. The summed E-state index contributed by atoms with van der Waals surface area (Å²) in [7, 11) is 1.68. The number of H-pyrrole nitrogens is 1. The van der Waals surface area contributed by atoms with Crippen LogP contribution in [0.5, 0.6) is 5.75 Å². The summed E-state index contributed by atoms with van der Waals surface area (Å²) in [5.41, 5.74) is 5.26. The molecule has 0 spiro atoms. The molecular formula is C22H23N5O. The lowest BCUT2D eigenvalue weighted by Crippen LogP contribution is -2.06. The number of methoxy groups -OCH3 is 1. The molecule has 0 saturated heterocycles. The van der Waals surface area contributed by atoms with E-state index < -0.39 is 0 Å². The van der Waals surface area contributed by atoms with Crippen molar-refractivity contribution >= 4 is 5.69 Å². The van der Waals surface area contributed by atoms with Crippen molar-refractivity contribution < 1.29 is 4.74 Å². The molecule has 0 aliphatic carbocycles. The highest BCUT2D eigenvalue weighted by atomic mass is 16.5. The predicted octanol–water partition coefficient (Wildman–Crippen LogP) is 4.25. The highest BCUT2D eigenvalue weighted by molar-refractivity contribution is 5.66. The van der Waals surface area contributed by atoms with Gasteiger partial charge in [0.25, 0.3) is 0 Å². The maximum atomic E-state index is 5.49. The fourth-order valence-corrected chi connectivity index (χ4v) is 3.24. The summed E-state index contributed by atoms with van der Waals surface area (Å²) in [4.78, 5) is 11.9. The van der Waals surface area contributed by atoms with Crippen LogP contribution in [0.3, 0.4) is 0 Å². The lowest BCUT2D eigenvalue weighted by molar-refractivity contribution is 0.416. The summed E-state index contributed by atoms with van der Waals surface area (Å²) in [6.45, 7) is 3.46. The molecule has 0 amide bonds. The fraction of sp³-hybridized carbons (Fsp3) is 0.182. The van der Waals surface area contributed by atoms with Gasteiger partial charge in [0.15, 0.2) is 0 Å². The van der Waals surface area contributed by atoms with Gasteiger partial charge >= 0.3 is 0 Å². The minimum Gasteiger partial charge on any atom is -0.496 e. The summed E-state index contributed by atoms with van der Waals surface area (Å²) in [6.07, 6.45) is 5.60. The van der Waals surface area contributed by atoms with Crippen LogP contribution in [0.1, 0.15) is 17.1 Å². The molecule has 2 N–H and O–H groups in total. The van der Waals surface area contributed by atoms with E-state index >= 15 is 0 Å². The number of nitrogens with zero attached hydrogens (tertiary/aromatic N) is 3. The maximum Gasteiger partial charge on any atom is 0.128 e. The van der Waals surface area contributed by atoms with Crippen LogP contribution in [0.2, 0.25) is 0 Å². The third-order valence-electron chi connectivity index (χ3n) is 4.74. The molecule has 0 radical (unpaired) electrons. The minimum absolute atomic E-state index is 0.701. The highest BCUT2D eigenvalue weighted by Crippen LogP contribution is 2.29. The zero-order chi connectivity index (χ0) is 19.3. The molecule has 6 nitrogen and oxygen atoms in total. The van der Waals surface area contributed by atoms with Crippen LogP contribution in [0, 0.1) is 6.92 Å². The zero-order valence-electron chi connectivity index (χ0n) is 16.0. The van der Waals surface area contributed by atoms with Crippen LogP contribution in [-0.2, 0) is 13.1 Å². The molecule has 0 atom stereocenters. The summed E-state index contributed by atoms with van der Waals surface area (Å²) >= 11 is 0. The third kappa shape index (κ3) is 3.76. The summed E-state index contributed by atoms with van der Waals surface area (Å²) in [5.74, 6) is 1.79. The number of para-hydroxylation sites is 2. The van der Waals surface area contributed by atoms with Gasteiger partial charge < -0.3 is 19.6 Å². The van der Waals surface area contributed by atoms with Gasteiger partial charge in [0, 0.05) is 23.6 Å². The summed E-state index contributed by atoms with van der Waals surface area (Å²) < 4.78 is 7.65. The van der Waals surface area contributed by atoms with Gasteiger partial charge in [0.05, 0.1) is 37.9 Å². The smallest absolute Gasteiger partial charge is 0.128 e. The Morgan fingerprint density at radius 3 is 2.75 bits per heavy atom. The molecule has 0 fully saturated rings. The number of anilines is 1. The standard InChI is InChI=1S/C22H23N5O/c1-16-26-21(19-8-4-6-10-22(19)28-2)14-27(16)13-17-7-3-5-9-20(17)24-12-18-11-23-15-25-18/h3-11,14-15,24H,12-13H2,1-2H3,(H,23,25). The van der Waals surface area contributed by atoms with Gasteiger partial charge in [0.2, 0.25) is 0 Å². The lowest BCUT2D eigenvalue weighted by atomic mass is 10.1. The first-order chi connectivity index (χ1) is 13.7. The fourth-order valence-electron chi connectivity index (χ4n) is 3.24. The van der Waals surface area contributed by atoms with Crippen molar-refractivity contribution in [2.24, 2.45) is 0 Å². The van der Waals surface area contributed by atoms with Gasteiger partial charge in [-0.15, -0.1) is 0 Å². The van der Waals surface area contributed by atoms with Gasteiger partial charge in [0.1, 0.15) is 11.6 Å². The van der Waals surface area contributed by atoms with Crippen molar-refractivity contribution in [1.29, 1.82) is 0 Å². The van der Waals surface area contributed by atoms with Crippen molar-refractivity contribution in [3.8, 4) is 17.0 Å². The molecule has 2 aromatic carbocycles. The minimum atomic E-state index is 0.701. The van der Waals surface area contributed by atoms with Crippen molar-refractivity contribution in [2.75, 3.05) is 12.4 Å². The van der Waals surface area contributed by atoms with Crippen molar-refractivity contribution in [1.82, 2.24) is 19.5 Å². The second-order valence-corrected chi connectivity index (χ2v) is 6.59. The van der Waals surface area contributed by atoms with E-state index in [4.69, 9.17) is 9.72 Å². The zero-order valence-corrected chi connectivity index (χ0v) is 16.0. The molecule has 0 unspecified atom stereocenters. The number of hydrogen-bond acceptors (Lipinski definition) is 4. The molecule has 2 heterocycles. The Kier molecular flexibility index (Phi) is 5.10. The average molecular weight is 373 g/mol. The van der Waals surface area contributed by atoms with Crippen LogP contribution in [0.4, 0.5) is 5.69 Å². The SMILES string of the molecule is COc1ccccc1-c1cn(Cc2ccccc2NCc2cnc[nH]2)c(C)n1. The molecule has 4 aromatic rings. The summed E-state index contributed by atoms with van der Waals surface area (Å²) in [5, 5.41) is 3.49. The number of ether oxygens (including phenoxy) is 1. The number of imidazole rings is 2. The monoisotopic (exact) mass is 373 g/mol. The Morgan fingerprint density at radius 1 is 1.11 bits per heavy atom. The highest BCUT2D eigenvalue weighted by Gasteiger charge is 2.12. The second-order valence-electron chi connectivity index (χ2n) is 6.59. The molecule has 0 bridgehead atoms. The Labute approximate surface area is 164 Å². The number of aryl methyl sites for hydroxylation is 1. The quantitative estimate of drug-likeness (QED) is 0.508. The van der Waals surface area contributed by atoms with E-state index in [1.165, 1.54) is 5.56 Å². The van der Waals surface area contributed by atoms with Gasteiger partial charge in [-0.2, -0.15) is 0 Å². The molecular weight excluding hydrogens is 350 g/mol. The van der Waals surface area contributed by atoms with E-state index in [2.05, 4.69) is 44.2 Å². The van der Waals surface area contributed by atoms with Gasteiger partial charge in [-0.3, -0.25) is 0 Å². The second kappa shape index (κ2) is 8.00. The molecule has 142 valence electrons. The van der Waals surface area contributed by atoms with E-state index in [1.807, 2.05) is 43.5 Å². The molecule has 2 aromatic heterocycles. The predicted molar refractivity (Wildman–Crippen MR) is 110 cm³/mol. The van der Waals surface area contributed by atoms with Crippen molar-refractivity contribution in [3.05, 3.63) is 84.3 Å². The van der Waals surface area contributed by atoms with Crippen molar-refractivity contribution in [3.63, 3.8) is 0 Å². The number of nitrogens with one attached hydrogen (secondary N) is 2. The van der Waals surface area contributed by atoms with Crippen molar-refractivity contribution in [2.45, 2.75) is 20.0 Å². The Bertz CT molecular complexity index is 1050. The number of hydrogen-bond donors (Lipinski definition) is 2. The van der Waals surface area contributed by atoms with Crippen LogP contribution < -0.4 is 10.1 Å². The van der Waals surface area contributed by atoms with E-state index in [-0.39, 0.29) is 0 Å². The number of benzene rings is 2. The van der Waals surface area contributed by atoms with Crippen LogP contribution in [-0.4, -0.2) is 26.6 Å². The van der Waals surface area contributed by atoms with E-state index in [0.717, 1.165) is 40.8 Å². The number of aromatic nitrogens is 4. The van der Waals surface area contributed by atoms with Gasteiger partial charge in [-0.25, -0.2) is 9.97 Å². The first-order valence-corrected chi connectivity index (χ1v) is 9.21. The first kappa shape index (κ1) is 17.9. The molecule has 4 rings (SSSR count). The van der Waals surface area contributed by atoms with Crippen LogP contribution in [0.25, 0.3) is 11.3 Å². The maximum absolute atomic E-state index is 5.49. The van der Waals surface area contributed by atoms with E-state index in [9.17, 15) is 0 Å². The van der Waals surface area contributed by atoms with E-state index in [1.54, 1.807) is 13.4 Å². The molecule has 28 heavy (non-hydrogen) atoms. The normalized spacial score (nSPS) is 10.8. The number of aromatic amines is 1. The van der Waals surface area contributed by atoms with Gasteiger partial charge in [-0.1, -0.05) is 30.3 Å². The Balaban J connectivity index is 1.57. The Morgan fingerprint density at radius 2 is 1.93 bits per heavy atom. The largest absolute Gasteiger partial charge is 0.496 e. The summed E-state index contributed by atoms with van der Waals surface area (Å²) in [6, 6.07) is 16.3. The first-order valence-electron chi connectivity index (χ1n) is 9.21. The average Bonchev–Trinajstić information content (AvgIpc) is 3.37. The molecule has 6 heteroatoms. The third-order valence-corrected chi connectivity index (χ3v) is 4.74. The van der Waals surface area contributed by atoms with Crippen LogP contribution in [0.15, 0.2) is 67.3 Å². The lowest BCUT2D eigenvalue weighted by Gasteiger charge is -2.13. The van der Waals surface area contributed by atoms with Gasteiger partial charge in [-0.05, 0) is 30.7 Å². The Hall–Kier alpha value is -3.54. The van der Waals surface area contributed by atoms with Crippen LogP contribution >= 0.6 is 0 Å². The van der Waals surface area contributed by atoms with E-state index in [0.29, 0.717) is 6.54 Å².